The van der Waals surface area contributed by atoms with E-state index < -0.39 is 5.72 Å². The van der Waals surface area contributed by atoms with Crippen molar-refractivity contribution in [3.8, 4) is 17.2 Å². The van der Waals surface area contributed by atoms with Crippen molar-refractivity contribution in [3.63, 3.8) is 0 Å². The van der Waals surface area contributed by atoms with E-state index in [1.165, 1.54) is 6.08 Å². The molecule has 0 amide bonds. The minimum Gasteiger partial charge on any atom is -0.490 e. The third-order valence-electron chi connectivity index (χ3n) is 4.61. The molecule has 9 heteroatoms. The van der Waals surface area contributed by atoms with E-state index in [0.29, 0.717) is 17.9 Å². The zero-order chi connectivity index (χ0) is 21.7. The number of aromatic amines is 1. The quantitative estimate of drug-likeness (QED) is 0.340. The first kappa shape index (κ1) is 20.3. The number of hydrogen-bond donors (Lipinski definition) is 2. The Bertz CT molecular complexity index is 1110. The average Bonchev–Trinajstić information content (AvgIpc) is 3.34. The van der Waals surface area contributed by atoms with E-state index in [2.05, 4.69) is 20.6 Å². The van der Waals surface area contributed by atoms with Gasteiger partial charge in [-0.2, -0.15) is 0 Å². The molecule has 4 rings (SSSR count). The molecule has 3 N–H and O–H groups in total. The zero-order valence-electron chi connectivity index (χ0n) is 16.8. The van der Waals surface area contributed by atoms with Gasteiger partial charge in [0.1, 0.15) is 19.0 Å². The number of H-pyrrole nitrogens is 1. The third-order valence-corrected chi connectivity index (χ3v) is 4.61. The molecule has 1 aromatic heterocycles. The van der Waals surface area contributed by atoms with Crippen LogP contribution in [0.4, 0.5) is 0 Å². The monoisotopic (exact) mass is 419 g/mol. The molecule has 0 aliphatic carbocycles. The number of nitrogens with two attached hydrogens (primary N) is 1. The van der Waals surface area contributed by atoms with Crippen molar-refractivity contribution in [1.82, 2.24) is 20.6 Å². The number of aromatic nitrogens is 4. The number of tetrazole rings is 1. The Morgan fingerprint density at radius 1 is 1.29 bits per heavy atom. The molecule has 0 saturated carbocycles. The van der Waals surface area contributed by atoms with Gasteiger partial charge in [0.05, 0.1) is 5.56 Å². The van der Waals surface area contributed by atoms with Gasteiger partial charge in [-0.25, -0.2) is 5.10 Å². The molecule has 0 spiro atoms. The fourth-order valence-electron chi connectivity index (χ4n) is 2.96. The first-order chi connectivity index (χ1) is 15.1. The SMILES string of the molecule is C/C=C/COc1ccc(C=CC(=O)c2cccc3c2OC(N)(c2nnn[nH]2)CO3)cc1. The maximum Gasteiger partial charge on any atom is 0.254 e. The molecule has 1 aliphatic rings. The van der Waals surface area contributed by atoms with Gasteiger partial charge in [0.25, 0.3) is 5.72 Å². The van der Waals surface area contributed by atoms with Crippen molar-refractivity contribution >= 4 is 11.9 Å². The van der Waals surface area contributed by atoms with E-state index in [1.54, 1.807) is 24.3 Å². The Morgan fingerprint density at radius 3 is 2.87 bits per heavy atom. The summed E-state index contributed by atoms with van der Waals surface area (Å²) in [6.07, 6.45) is 7.04. The Labute approximate surface area is 178 Å². The molecule has 0 bridgehead atoms. The summed E-state index contributed by atoms with van der Waals surface area (Å²) in [6.45, 7) is 2.44. The highest BCUT2D eigenvalue weighted by atomic mass is 16.6. The van der Waals surface area contributed by atoms with Crippen LogP contribution in [0.3, 0.4) is 0 Å². The Hall–Kier alpha value is -3.98. The molecule has 0 fully saturated rings. The molecule has 0 saturated heterocycles. The highest BCUT2D eigenvalue weighted by Crippen LogP contribution is 2.39. The van der Waals surface area contributed by atoms with Crippen LogP contribution in [-0.2, 0) is 5.72 Å². The minimum atomic E-state index is -1.43. The van der Waals surface area contributed by atoms with Crippen LogP contribution in [-0.4, -0.2) is 39.6 Å². The first-order valence-electron chi connectivity index (χ1n) is 9.63. The molecule has 2 aromatic carbocycles. The van der Waals surface area contributed by atoms with Crippen LogP contribution < -0.4 is 19.9 Å². The molecule has 1 unspecified atom stereocenters. The number of benzene rings is 2. The van der Waals surface area contributed by atoms with Crippen molar-refractivity contribution in [2.45, 2.75) is 12.6 Å². The number of para-hydroxylation sites is 1. The maximum absolute atomic E-state index is 12.9. The molecule has 9 nitrogen and oxygen atoms in total. The van der Waals surface area contributed by atoms with Gasteiger partial charge in [-0.05, 0) is 53.3 Å². The Morgan fingerprint density at radius 2 is 2.13 bits per heavy atom. The summed E-state index contributed by atoms with van der Waals surface area (Å²) in [7, 11) is 0. The third kappa shape index (κ3) is 4.46. The van der Waals surface area contributed by atoms with E-state index in [4.69, 9.17) is 19.9 Å². The van der Waals surface area contributed by atoms with Crippen LogP contribution in [0.1, 0.15) is 28.7 Å². The zero-order valence-corrected chi connectivity index (χ0v) is 16.8. The van der Waals surface area contributed by atoms with Crippen molar-refractivity contribution in [3.05, 3.63) is 77.6 Å². The summed E-state index contributed by atoms with van der Waals surface area (Å²) in [5.41, 5.74) is 6.01. The second-order valence-corrected chi connectivity index (χ2v) is 6.81. The number of ketones is 1. The van der Waals surface area contributed by atoms with Gasteiger partial charge in [-0.1, -0.05) is 36.4 Å². The molecule has 1 aliphatic heterocycles. The minimum absolute atomic E-state index is 0.00712. The van der Waals surface area contributed by atoms with Crippen molar-refractivity contribution in [2.75, 3.05) is 13.2 Å². The van der Waals surface area contributed by atoms with Crippen LogP contribution in [0.15, 0.2) is 60.7 Å². The van der Waals surface area contributed by atoms with Crippen LogP contribution in [0.5, 0.6) is 17.2 Å². The molecule has 1 atom stereocenters. The van der Waals surface area contributed by atoms with Crippen molar-refractivity contribution < 1.29 is 19.0 Å². The van der Waals surface area contributed by atoms with E-state index in [9.17, 15) is 4.79 Å². The van der Waals surface area contributed by atoms with E-state index in [-0.39, 0.29) is 24.0 Å². The van der Waals surface area contributed by atoms with Crippen LogP contribution >= 0.6 is 0 Å². The highest BCUT2D eigenvalue weighted by Gasteiger charge is 2.40. The molecular formula is C22H21N5O4. The average molecular weight is 419 g/mol. The van der Waals surface area contributed by atoms with Crippen molar-refractivity contribution in [1.29, 1.82) is 0 Å². The van der Waals surface area contributed by atoms with E-state index >= 15 is 0 Å². The molecule has 158 valence electrons. The number of carbonyl (C=O) groups is 1. The van der Waals surface area contributed by atoms with Gasteiger partial charge in [0.15, 0.2) is 17.3 Å². The highest BCUT2D eigenvalue weighted by molar-refractivity contribution is 6.09. The topological polar surface area (TPSA) is 125 Å². The molecular weight excluding hydrogens is 398 g/mol. The summed E-state index contributed by atoms with van der Waals surface area (Å²) in [5, 5.41) is 13.4. The number of nitrogens with one attached hydrogen (secondary N) is 1. The number of carbonyl (C=O) groups excluding carboxylic acids is 1. The Balaban J connectivity index is 1.51. The lowest BCUT2D eigenvalue weighted by atomic mass is 10.1. The lowest BCUT2D eigenvalue weighted by molar-refractivity contribution is -0.0154. The van der Waals surface area contributed by atoms with Gasteiger partial charge in [0.2, 0.25) is 5.82 Å². The predicted octanol–water partition coefficient (Wildman–Crippen LogP) is 2.63. The van der Waals surface area contributed by atoms with E-state index in [0.717, 1.165) is 11.3 Å². The summed E-state index contributed by atoms with van der Waals surface area (Å²) in [5.74, 6) is 1.37. The summed E-state index contributed by atoms with van der Waals surface area (Å²) in [6, 6.07) is 12.5. The molecule has 3 aromatic rings. The van der Waals surface area contributed by atoms with Gasteiger partial charge in [-0.3, -0.25) is 10.5 Å². The van der Waals surface area contributed by atoms with Gasteiger partial charge < -0.3 is 14.2 Å². The lowest BCUT2D eigenvalue weighted by Crippen LogP contribution is -2.51. The second-order valence-electron chi connectivity index (χ2n) is 6.81. The summed E-state index contributed by atoms with van der Waals surface area (Å²) >= 11 is 0. The standard InChI is InChI=1S/C22H21N5O4/c1-2-3-13-29-16-10-7-15(8-11-16)9-12-18(28)17-5-4-6-19-20(17)31-22(23,14-30-19)21-24-26-27-25-21/h2-12H,13-14,23H2,1H3,(H,24,25,26,27)/b3-2+,12-9?. The lowest BCUT2D eigenvalue weighted by Gasteiger charge is -2.33. The van der Waals surface area contributed by atoms with Crippen LogP contribution in [0, 0.1) is 0 Å². The number of rotatable bonds is 7. The molecule has 0 radical (unpaired) electrons. The number of allylic oxidation sites excluding steroid dienone is 2. The van der Waals surface area contributed by atoms with Gasteiger partial charge >= 0.3 is 0 Å². The largest absolute Gasteiger partial charge is 0.490 e. The first-order valence-corrected chi connectivity index (χ1v) is 9.63. The van der Waals surface area contributed by atoms with Gasteiger partial charge in [0, 0.05) is 0 Å². The molecule has 31 heavy (non-hydrogen) atoms. The summed E-state index contributed by atoms with van der Waals surface area (Å²) < 4.78 is 17.2. The number of fused-ring (bicyclic) bond motifs is 1. The number of nitrogens with zero attached hydrogens (tertiary/aromatic N) is 3. The van der Waals surface area contributed by atoms with E-state index in [1.807, 2.05) is 43.3 Å². The maximum atomic E-state index is 12.9. The summed E-state index contributed by atoms with van der Waals surface area (Å²) in [4.78, 5) is 12.9. The van der Waals surface area contributed by atoms with Crippen LogP contribution in [0.25, 0.3) is 6.08 Å². The second kappa shape index (κ2) is 8.80. The fraction of sp³-hybridized carbons (Fsp3) is 0.182. The smallest absolute Gasteiger partial charge is 0.254 e. The normalized spacial score (nSPS) is 17.9. The molecule has 2 heterocycles. The fourth-order valence-corrected chi connectivity index (χ4v) is 2.96. The Kier molecular flexibility index (Phi) is 5.76. The number of ether oxygens (including phenoxy) is 3. The van der Waals surface area contributed by atoms with Gasteiger partial charge in [-0.15, -0.1) is 5.10 Å². The van der Waals surface area contributed by atoms with Crippen LogP contribution in [0.2, 0.25) is 0 Å². The predicted molar refractivity (Wildman–Crippen MR) is 113 cm³/mol. The number of hydrogen-bond acceptors (Lipinski definition) is 8. The van der Waals surface area contributed by atoms with Crippen molar-refractivity contribution in [2.24, 2.45) is 5.73 Å².